The summed E-state index contributed by atoms with van der Waals surface area (Å²) in [5.74, 6) is -1.000. The van der Waals surface area contributed by atoms with Crippen LogP contribution in [0, 0.1) is 16.2 Å². The van der Waals surface area contributed by atoms with Crippen molar-refractivity contribution in [1.82, 2.24) is 0 Å². The maximum absolute atomic E-state index is 7.17. The highest BCUT2D eigenvalue weighted by Gasteiger charge is 1.92. The second-order valence-corrected chi connectivity index (χ2v) is 1.71. The minimum atomic E-state index is -2.17. The molecule has 0 fully saturated rings. The summed E-state index contributed by atoms with van der Waals surface area (Å²) in [7, 11) is -2.17. The zero-order valence-corrected chi connectivity index (χ0v) is 8.38. The first-order chi connectivity index (χ1) is 6.93. The maximum atomic E-state index is 7.17. The fourth-order valence-electron chi connectivity index (χ4n) is 0. The average molecular weight is 239 g/mol. The van der Waals surface area contributed by atoms with Gasteiger partial charge in [-0.2, -0.15) is 0 Å². The summed E-state index contributed by atoms with van der Waals surface area (Å²) in [5.41, 5.74) is 26.8. The second kappa shape index (κ2) is 18.5. The molecular weight excluding hydrogens is 221 g/mol. The summed E-state index contributed by atoms with van der Waals surface area (Å²) >= 11 is 0. The van der Waals surface area contributed by atoms with Gasteiger partial charge in [0.15, 0.2) is 17.9 Å². The molecule has 0 saturated carbocycles. The van der Waals surface area contributed by atoms with E-state index in [1.165, 1.54) is 0 Å². The van der Waals surface area contributed by atoms with Crippen molar-refractivity contribution in [2.75, 3.05) is 0 Å². The largest absolute Gasteiger partial charge is 0.631 e. The molecule has 13 heteroatoms. The topological polar surface area (TPSA) is 288 Å². The van der Waals surface area contributed by atoms with Gasteiger partial charge in [0.2, 0.25) is 0 Å². The molecule has 0 spiro atoms. The van der Waals surface area contributed by atoms with Gasteiger partial charge in [-0.3, -0.25) is 16.2 Å². The van der Waals surface area contributed by atoms with Crippen LogP contribution in [0.2, 0.25) is 0 Å². The van der Waals surface area contributed by atoms with Gasteiger partial charge in [0.1, 0.15) is 0 Å². The van der Waals surface area contributed by atoms with E-state index in [1.807, 2.05) is 0 Å². The van der Waals surface area contributed by atoms with Crippen molar-refractivity contribution in [3.63, 3.8) is 0 Å². The first kappa shape index (κ1) is 23.5. The molecule has 0 aliphatic rings. The first-order valence-corrected chi connectivity index (χ1v) is 3.26. The van der Waals surface area contributed by atoms with Crippen molar-refractivity contribution in [1.29, 1.82) is 16.2 Å². The molecule has 0 aliphatic heterocycles. The SMILES string of the molecule is N=C(N)N.N=C(N)N.N=C(N)N.OB(O)O. The number of hydrogen-bond donors (Lipinski definition) is 12. The molecule has 0 atom stereocenters. The van der Waals surface area contributed by atoms with Crippen LogP contribution in [-0.4, -0.2) is 40.3 Å². The number of hydrogen-bond acceptors (Lipinski definition) is 6. The zero-order valence-electron chi connectivity index (χ0n) is 8.38. The van der Waals surface area contributed by atoms with Gasteiger partial charge >= 0.3 is 7.32 Å². The minimum Gasteiger partial charge on any atom is -0.402 e. The van der Waals surface area contributed by atoms with Gasteiger partial charge in [-0.1, -0.05) is 0 Å². The lowest BCUT2D eigenvalue weighted by Crippen LogP contribution is -2.20. The molecule has 0 radical (unpaired) electrons. The van der Waals surface area contributed by atoms with E-state index in [1.54, 1.807) is 0 Å². The van der Waals surface area contributed by atoms with Crippen LogP contribution in [0.3, 0.4) is 0 Å². The van der Waals surface area contributed by atoms with Gasteiger partial charge in [-0.05, 0) is 0 Å². The van der Waals surface area contributed by atoms with Crippen molar-refractivity contribution in [3.05, 3.63) is 0 Å². The molecule has 0 rings (SSSR count). The summed E-state index contributed by atoms with van der Waals surface area (Å²) in [6.45, 7) is 0. The maximum Gasteiger partial charge on any atom is 0.631 e. The summed E-state index contributed by atoms with van der Waals surface area (Å²) in [6.07, 6.45) is 0. The summed E-state index contributed by atoms with van der Waals surface area (Å²) in [4.78, 5) is 0. The lowest BCUT2D eigenvalue weighted by atomic mass is 10.3. The molecular formula is C3H18BN9O3. The Hall–Kier alpha value is -2.25. The standard InChI is InChI=1S/3CH5N3.BH3O3/c4*2-1(3)4/h3*(H5,2,3,4);2-4H. The number of nitrogens with one attached hydrogen (secondary N) is 3. The molecule has 96 valence electrons. The summed E-state index contributed by atoms with van der Waals surface area (Å²) in [5, 5.41) is 39.7. The van der Waals surface area contributed by atoms with E-state index >= 15 is 0 Å². The third-order valence-electron chi connectivity index (χ3n) is 0. The molecule has 0 aromatic heterocycles. The lowest BCUT2D eigenvalue weighted by molar-refractivity contribution is 0.278. The van der Waals surface area contributed by atoms with E-state index in [-0.39, 0.29) is 17.9 Å². The first-order valence-electron chi connectivity index (χ1n) is 3.26. The Bertz CT molecular complexity index is 153. The fourth-order valence-corrected chi connectivity index (χ4v) is 0. The minimum absolute atomic E-state index is 0.333. The second-order valence-electron chi connectivity index (χ2n) is 1.71. The van der Waals surface area contributed by atoms with Crippen LogP contribution in [0.15, 0.2) is 0 Å². The molecule has 16 heavy (non-hydrogen) atoms. The Morgan fingerprint density at radius 3 is 0.625 bits per heavy atom. The Labute approximate surface area is 91.9 Å². The molecule has 0 aliphatic carbocycles. The Kier molecular flexibility index (Phi) is 27.2. The van der Waals surface area contributed by atoms with Crippen LogP contribution in [0.1, 0.15) is 0 Å². The molecule has 0 bridgehead atoms. The lowest BCUT2D eigenvalue weighted by Gasteiger charge is -1.69. The number of nitrogens with two attached hydrogens (primary N) is 6. The van der Waals surface area contributed by atoms with Crippen LogP contribution in [0.25, 0.3) is 0 Å². The van der Waals surface area contributed by atoms with Gasteiger partial charge in [-0.25, -0.2) is 0 Å². The third-order valence-corrected chi connectivity index (χ3v) is 0. The zero-order chi connectivity index (χ0) is 14.3. The van der Waals surface area contributed by atoms with E-state index in [0.717, 1.165) is 0 Å². The molecule has 0 unspecified atom stereocenters. The van der Waals surface area contributed by atoms with Crippen LogP contribution in [0.5, 0.6) is 0 Å². The fraction of sp³-hybridized carbons (Fsp3) is 0. The van der Waals surface area contributed by atoms with E-state index in [9.17, 15) is 0 Å². The van der Waals surface area contributed by atoms with Gasteiger partial charge in [0.25, 0.3) is 0 Å². The van der Waals surface area contributed by atoms with Gasteiger partial charge < -0.3 is 49.5 Å². The molecule has 0 amide bonds. The van der Waals surface area contributed by atoms with Crippen molar-refractivity contribution in [2.24, 2.45) is 34.4 Å². The van der Waals surface area contributed by atoms with Crippen molar-refractivity contribution in [3.8, 4) is 0 Å². The highest BCUT2D eigenvalue weighted by Crippen LogP contribution is 1.40. The van der Waals surface area contributed by atoms with Crippen molar-refractivity contribution < 1.29 is 15.1 Å². The van der Waals surface area contributed by atoms with E-state index in [2.05, 4.69) is 34.4 Å². The molecule has 12 nitrogen and oxygen atoms in total. The van der Waals surface area contributed by atoms with E-state index in [0.29, 0.717) is 0 Å². The smallest absolute Gasteiger partial charge is 0.402 e. The normalized spacial score (nSPS) is 6.19. The molecule has 0 heterocycles. The number of rotatable bonds is 0. The highest BCUT2D eigenvalue weighted by atomic mass is 16.5. The summed E-state index contributed by atoms with van der Waals surface area (Å²) < 4.78 is 0. The average Bonchev–Trinajstić information content (AvgIpc) is 1.76. The van der Waals surface area contributed by atoms with Gasteiger partial charge in [-0.15, -0.1) is 0 Å². The van der Waals surface area contributed by atoms with E-state index in [4.69, 9.17) is 31.3 Å². The van der Waals surface area contributed by atoms with Crippen LogP contribution in [-0.2, 0) is 0 Å². The third kappa shape index (κ3) is 270. The van der Waals surface area contributed by atoms with Crippen LogP contribution in [0.4, 0.5) is 0 Å². The van der Waals surface area contributed by atoms with Crippen LogP contribution >= 0.6 is 0 Å². The quantitative estimate of drug-likeness (QED) is 0.109. The van der Waals surface area contributed by atoms with Crippen molar-refractivity contribution >= 4 is 25.2 Å². The van der Waals surface area contributed by atoms with Gasteiger partial charge in [0, 0.05) is 0 Å². The monoisotopic (exact) mass is 239 g/mol. The van der Waals surface area contributed by atoms with E-state index < -0.39 is 7.32 Å². The van der Waals surface area contributed by atoms with Gasteiger partial charge in [0.05, 0.1) is 0 Å². The molecule has 0 aromatic carbocycles. The molecule has 0 aromatic rings. The predicted molar refractivity (Wildman–Crippen MR) is 60.7 cm³/mol. The van der Waals surface area contributed by atoms with Crippen molar-refractivity contribution in [2.45, 2.75) is 0 Å². The molecule has 0 saturated heterocycles. The Balaban J connectivity index is -0.0000000600. The Morgan fingerprint density at radius 1 is 0.625 bits per heavy atom. The Morgan fingerprint density at radius 2 is 0.625 bits per heavy atom. The summed E-state index contributed by atoms with van der Waals surface area (Å²) in [6, 6.07) is 0. The number of guanidine groups is 3. The van der Waals surface area contributed by atoms with Crippen LogP contribution < -0.4 is 34.4 Å². The predicted octanol–water partition coefficient (Wildman–Crippen LogP) is -5.54. The highest BCUT2D eigenvalue weighted by molar-refractivity contribution is 6.30. The molecule has 18 N–H and O–H groups in total.